The topological polar surface area (TPSA) is 95.1 Å². The lowest BCUT2D eigenvalue weighted by atomic mass is 10.0. The highest BCUT2D eigenvalue weighted by Crippen LogP contribution is 2.23. The van der Waals surface area contributed by atoms with E-state index in [9.17, 15) is 8.42 Å². The molecule has 24 heavy (non-hydrogen) atoms. The van der Waals surface area contributed by atoms with Gasteiger partial charge in [-0.1, -0.05) is 0 Å². The summed E-state index contributed by atoms with van der Waals surface area (Å²) in [6.07, 6.45) is 6.77. The number of imidazole rings is 1. The molecule has 0 unspecified atom stereocenters. The lowest BCUT2D eigenvalue weighted by molar-refractivity contribution is 0.409. The SMILES string of the molecule is Cc1cnc(-c2cnc(C[C@@H]3CCN(S(=O)(=O)N(C)C)C3)cn2)[nH]1. The first kappa shape index (κ1) is 17.0. The minimum Gasteiger partial charge on any atom is -0.341 e. The van der Waals surface area contributed by atoms with Gasteiger partial charge >= 0.3 is 0 Å². The Morgan fingerprint density at radius 2 is 2.04 bits per heavy atom. The van der Waals surface area contributed by atoms with Crippen molar-refractivity contribution in [3.05, 3.63) is 30.0 Å². The van der Waals surface area contributed by atoms with Gasteiger partial charge in [-0.2, -0.15) is 17.0 Å². The van der Waals surface area contributed by atoms with Crippen molar-refractivity contribution < 1.29 is 8.42 Å². The molecule has 0 radical (unpaired) electrons. The average Bonchev–Trinajstić information content (AvgIpc) is 3.17. The number of H-pyrrole nitrogens is 1. The van der Waals surface area contributed by atoms with Crippen LogP contribution < -0.4 is 0 Å². The van der Waals surface area contributed by atoms with E-state index < -0.39 is 10.2 Å². The number of hydrogen-bond acceptors (Lipinski definition) is 5. The summed E-state index contributed by atoms with van der Waals surface area (Å²) < 4.78 is 27.1. The first-order valence-electron chi connectivity index (χ1n) is 7.87. The van der Waals surface area contributed by atoms with Crippen LogP contribution in [0.1, 0.15) is 17.8 Å². The van der Waals surface area contributed by atoms with Crippen molar-refractivity contribution in [1.82, 2.24) is 28.5 Å². The summed E-state index contributed by atoms with van der Waals surface area (Å²) in [6.45, 7) is 3.02. The molecule has 0 saturated carbocycles. The number of aromatic amines is 1. The van der Waals surface area contributed by atoms with Gasteiger partial charge in [0.25, 0.3) is 10.2 Å². The second kappa shape index (κ2) is 6.58. The fraction of sp³-hybridized carbons (Fsp3) is 0.533. The van der Waals surface area contributed by atoms with Crippen LogP contribution in [0.25, 0.3) is 11.5 Å². The largest absolute Gasteiger partial charge is 0.341 e. The van der Waals surface area contributed by atoms with E-state index in [0.29, 0.717) is 24.6 Å². The summed E-state index contributed by atoms with van der Waals surface area (Å²) in [5.41, 5.74) is 2.55. The molecule has 1 saturated heterocycles. The first-order chi connectivity index (χ1) is 11.4. The molecule has 0 aliphatic carbocycles. The van der Waals surface area contributed by atoms with Gasteiger partial charge in [-0.05, 0) is 25.7 Å². The van der Waals surface area contributed by atoms with Crippen LogP contribution in [-0.4, -0.2) is 64.1 Å². The standard InChI is InChI=1S/C15H22N6O2S/c1-11-7-18-15(19-11)14-9-16-13(8-17-14)6-12-4-5-21(10-12)24(22,23)20(2)3/h7-9,12H,4-6,10H2,1-3H3,(H,18,19)/t12-/m0/s1. The van der Waals surface area contributed by atoms with Crippen molar-refractivity contribution in [2.24, 2.45) is 5.92 Å². The molecule has 1 N–H and O–H groups in total. The summed E-state index contributed by atoms with van der Waals surface area (Å²) in [6, 6.07) is 0. The van der Waals surface area contributed by atoms with E-state index in [1.165, 1.54) is 8.61 Å². The maximum atomic E-state index is 12.1. The highest BCUT2D eigenvalue weighted by molar-refractivity contribution is 7.86. The van der Waals surface area contributed by atoms with Crippen molar-refractivity contribution in [3.63, 3.8) is 0 Å². The molecule has 0 amide bonds. The van der Waals surface area contributed by atoms with Crippen molar-refractivity contribution in [1.29, 1.82) is 0 Å². The molecule has 0 bridgehead atoms. The summed E-state index contributed by atoms with van der Waals surface area (Å²) in [4.78, 5) is 16.2. The Labute approximate surface area is 142 Å². The smallest absolute Gasteiger partial charge is 0.281 e. The predicted molar refractivity (Wildman–Crippen MR) is 90.3 cm³/mol. The Hall–Kier alpha value is -1.84. The van der Waals surface area contributed by atoms with Crippen LogP contribution in [0.3, 0.4) is 0 Å². The van der Waals surface area contributed by atoms with Crippen molar-refractivity contribution >= 4 is 10.2 Å². The molecule has 1 fully saturated rings. The van der Waals surface area contributed by atoms with Gasteiger partial charge < -0.3 is 4.98 Å². The van der Waals surface area contributed by atoms with Crippen molar-refractivity contribution in [3.8, 4) is 11.5 Å². The summed E-state index contributed by atoms with van der Waals surface area (Å²) >= 11 is 0. The van der Waals surface area contributed by atoms with Gasteiger partial charge in [0.2, 0.25) is 0 Å². The maximum Gasteiger partial charge on any atom is 0.281 e. The molecule has 130 valence electrons. The van der Waals surface area contributed by atoms with Crippen LogP contribution in [0.2, 0.25) is 0 Å². The predicted octanol–water partition coefficient (Wildman–Crippen LogP) is 0.846. The van der Waals surface area contributed by atoms with Crippen molar-refractivity contribution in [2.75, 3.05) is 27.2 Å². The molecule has 1 aliphatic heterocycles. The lowest BCUT2D eigenvalue weighted by Gasteiger charge is -2.20. The number of aryl methyl sites for hydroxylation is 1. The van der Waals surface area contributed by atoms with Gasteiger partial charge in [0, 0.05) is 45.3 Å². The Kier molecular flexibility index (Phi) is 4.66. The monoisotopic (exact) mass is 350 g/mol. The second-order valence-electron chi connectivity index (χ2n) is 6.31. The maximum absolute atomic E-state index is 12.1. The zero-order valence-corrected chi connectivity index (χ0v) is 14.9. The van der Waals surface area contributed by atoms with Gasteiger partial charge in [0.15, 0.2) is 5.82 Å². The zero-order valence-electron chi connectivity index (χ0n) is 14.1. The van der Waals surface area contributed by atoms with Crippen LogP contribution in [0.4, 0.5) is 0 Å². The summed E-state index contributed by atoms with van der Waals surface area (Å²) in [5.74, 6) is 0.974. The second-order valence-corrected chi connectivity index (χ2v) is 8.46. The van der Waals surface area contributed by atoms with E-state index in [-0.39, 0.29) is 5.92 Å². The van der Waals surface area contributed by atoms with E-state index >= 15 is 0 Å². The van der Waals surface area contributed by atoms with Crippen LogP contribution in [-0.2, 0) is 16.6 Å². The third kappa shape index (κ3) is 3.47. The normalized spacial score (nSPS) is 19.2. The lowest BCUT2D eigenvalue weighted by Crippen LogP contribution is -2.38. The van der Waals surface area contributed by atoms with Crippen LogP contribution in [0, 0.1) is 12.8 Å². The molecule has 1 atom stereocenters. The van der Waals surface area contributed by atoms with E-state index in [2.05, 4.69) is 19.9 Å². The number of hydrogen-bond donors (Lipinski definition) is 1. The van der Waals surface area contributed by atoms with Gasteiger partial charge in [-0.15, -0.1) is 0 Å². The third-order valence-electron chi connectivity index (χ3n) is 4.18. The molecule has 2 aromatic heterocycles. The number of aromatic nitrogens is 4. The average molecular weight is 350 g/mol. The molecular formula is C15H22N6O2S. The molecule has 1 aliphatic rings. The molecule has 0 spiro atoms. The Morgan fingerprint density at radius 1 is 1.25 bits per heavy atom. The van der Waals surface area contributed by atoms with E-state index in [0.717, 1.165) is 24.2 Å². The summed E-state index contributed by atoms with van der Waals surface area (Å²) in [5, 5.41) is 0. The Bertz CT molecular complexity index is 800. The van der Waals surface area contributed by atoms with E-state index in [1.807, 2.05) is 6.92 Å². The Morgan fingerprint density at radius 3 is 2.62 bits per heavy atom. The first-order valence-corrected chi connectivity index (χ1v) is 9.26. The molecule has 3 rings (SSSR count). The van der Waals surface area contributed by atoms with Crippen LogP contribution in [0.5, 0.6) is 0 Å². The van der Waals surface area contributed by atoms with Gasteiger partial charge in [-0.3, -0.25) is 4.98 Å². The van der Waals surface area contributed by atoms with Crippen molar-refractivity contribution in [2.45, 2.75) is 19.8 Å². The molecule has 0 aromatic carbocycles. The molecule has 9 heteroatoms. The molecule has 3 heterocycles. The molecule has 8 nitrogen and oxygen atoms in total. The quantitative estimate of drug-likeness (QED) is 0.862. The zero-order chi connectivity index (χ0) is 17.3. The highest BCUT2D eigenvalue weighted by atomic mass is 32.2. The van der Waals surface area contributed by atoms with Crippen LogP contribution >= 0.6 is 0 Å². The minimum absolute atomic E-state index is 0.269. The van der Waals surface area contributed by atoms with Gasteiger partial charge in [-0.25, -0.2) is 9.97 Å². The molecule has 2 aromatic rings. The fourth-order valence-corrected chi connectivity index (χ4v) is 4.02. The molecular weight excluding hydrogens is 328 g/mol. The van der Waals surface area contributed by atoms with Gasteiger partial charge in [0.05, 0.1) is 11.9 Å². The van der Waals surface area contributed by atoms with E-state index in [4.69, 9.17) is 0 Å². The third-order valence-corrected chi connectivity index (χ3v) is 6.09. The Balaban J connectivity index is 1.63. The summed E-state index contributed by atoms with van der Waals surface area (Å²) in [7, 11) is -0.207. The highest BCUT2D eigenvalue weighted by Gasteiger charge is 2.32. The van der Waals surface area contributed by atoms with Crippen LogP contribution in [0.15, 0.2) is 18.6 Å². The van der Waals surface area contributed by atoms with Gasteiger partial charge in [0.1, 0.15) is 5.69 Å². The number of rotatable bonds is 5. The number of nitrogens with one attached hydrogen (secondary N) is 1. The minimum atomic E-state index is -3.32. The van der Waals surface area contributed by atoms with E-state index in [1.54, 1.807) is 32.7 Å². The fourth-order valence-electron chi connectivity index (χ4n) is 2.83. The number of nitrogens with zero attached hydrogens (tertiary/aromatic N) is 5.